The SMILES string of the molecule is COC(=O)c1cccc(N2CC(C(=O)N3CCCC3)CC2=O)c1. The van der Waals surface area contributed by atoms with Crippen LogP contribution in [0.1, 0.15) is 29.6 Å². The van der Waals surface area contributed by atoms with Gasteiger partial charge in [0.05, 0.1) is 18.6 Å². The maximum atomic E-state index is 12.5. The summed E-state index contributed by atoms with van der Waals surface area (Å²) in [6.45, 7) is 1.96. The Kier molecular flexibility index (Phi) is 4.32. The first-order valence-corrected chi connectivity index (χ1v) is 7.87. The third-order valence-electron chi connectivity index (χ3n) is 4.47. The van der Waals surface area contributed by atoms with Gasteiger partial charge in [0.25, 0.3) is 0 Å². The fourth-order valence-corrected chi connectivity index (χ4v) is 3.24. The van der Waals surface area contributed by atoms with E-state index in [0.717, 1.165) is 25.9 Å². The van der Waals surface area contributed by atoms with Gasteiger partial charge >= 0.3 is 5.97 Å². The van der Waals surface area contributed by atoms with Gasteiger partial charge in [-0.25, -0.2) is 4.79 Å². The number of hydrogen-bond acceptors (Lipinski definition) is 4. The lowest BCUT2D eigenvalue weighted by molar-refractivity contribution is -0.134. The van der Waals surface area contributed by atoms with E-state index >= 15 is 0 Å². The Morgan fingerprint density at radius 3 is 2.65 bits per heavy atom. The van der Waals surface area contributed by atoms with Crippen LogP contribution in [-0.2, 0) is 14.3 Å². The van der Waals surface area contributed by atoms with E-state index in [2.05, 4.69) is 0 Å². The molecule has 6 heteroatoms. The highest BCUT2D eigenvalue weighted by molar-refractivity contribution is 6.01. The maximum Gasteiger partial charge on any atom is 0.337 e. The molecule has 1 aromatic rings. The number of likely N-dealkylation sites (tertiary alicyclic amines) is 1. The molecular formula is C17H20N2O4. The Balaban J connectivity index is 1.75. The van der Waals surface area contributed by atoms with Gasteiger partial charge in [0, 0.05) is 31.7 Å². The zero-order chi connectivity index (χ0) is 16.4. The van der Waals surface area contributed by atoms with Gasteiger partial charge in [0.2, 0.25) is 11.8 Å². The van der Waals surface area contributed by atoms with Crippen molar-refractivity contribution in [3.8, 4) is 0 Å². The van der Waals surface area contributed by atoms with Gasteiger partial charge in [0.15, 0.2) is 0 Å². The van der Waals surface area contributed by atoms with Crippen LogP contribution in [0.15, 0.2) is 24.3 Å². The van der Waals surface area contributed by atoms with Gasteiger partial charge in [0.1, 0.15) is 0 Å². The first kappa shape index (κ1) is 15.5. The van der Waals surface area contributed by atoms with E-state index in [9.17, 15) is 14.4 Å². The van der Waals surface area contributed by atoms with Crippen LogP contribution in [0.4, 0.5) is 5.69 Å². The topological polar surface area (TPSA) is 66.9 Å². The molecule has 0 N–H and O–H groups in total. The first-order valence-electron chi connectivity index (χ1n) is 7.87. The van der Waals surface area contributed by atoms with Crippen molar-refractivity contribution < 1.29 is 19.1 Å². The van der Waals surface area contributed by atoms with Crippen LogP contribution in [0, 0.1) is 5.92 Å². The average Bonchev–Trinajstić information content (AvgIpc) is 3.23. The van der Waals surface area contributed by atoms with E-state index in [0.29, 0.717) is 17.8 Å². The molecule has 2 aliphatic rings. The lowest BCUT2D eigenvalue weighted by atomic mass is 10.1. The second kappa shape index (κ2) is 6.40. The number of benzene rings is 1. The van der Waals surface area contributed by atoms with Crippen LogP contribution >= 0.6 is 0 Å². The van der Waals surface area contributed by atoms with Gasteiger partial charge < -0.3 is 14.5 Å². The summed E-state index contributed by atoms with van der Waals surface area (Å²) in [6, 6.07) is 6.76. The summed E-state index contributed by atoms with van der Waals surface area (Å²) >= 11 is 0. The van der Waals surface area contributed by atoms with Crippen LogP contribution in [0.2, 0.25) is 0 Å². The number of carbonyl (C=O) groups excluding carboxylic acids is 3. The van der Waals surface area contributed by atoms with Crippen molar-refractivity contribution in [3.63, 3.8) is 0 Å². The molecule has 0 radical (unpaired) electrons. The lowest BCUT2D eigenvalue weighted by Crippen LogP contribution is -2.35. The zero-order valence-electron chi connectivity index (χ0n) is 13.2. The third-order valence-corrected chi connectivity index (χ3v) is 4.47. The van der Waals surface area contributed by atoms with Crippen LogP contribution in [0.5, 0.6) is 0 Å². The summed E-state index contributed by atoms with van der Waals surface area (Å²) in [6.07, 6.45) is 2.31. The molecule has 0 spiro atoms. The predicted octanol–water partition coefficient (Wildman–Crippen LogP) is 1.45. The number of methoxy groups -OCH3 is 1. The Morgan fingerprint density at radius 2 is 1.96 bits per heavy atom. The number of hydrogen-bond donors (Lipinski definition) is 0. The molecular weight excluding hydrogens is 296 g/mol. The molecule has 2 fully saturated rings. The minimum atomic E-state index is -0.441. The molecule has 2 aliphatic heterocycles. The molecule has 2 heterocycles. The largest absolute Gasteiger partial charge is 0.465 e. The molecule has 2 saturated heterocycles. The monoisotopic (exact) mass is 316 g/mol. The normalized spacial score (nSPS) is 20.9. The summed E-state index contributed by atoms with van der Waals surface area (Å²) in [4.78, 5) is 39.8. The number of esters is 1. The number of ether oxygens (including phenoxy) is 1. The molecule has 6 nitrogen and oxygen atoms in total. The molecule has 0 bridgehead atoms. The van der Waals surface area contributed by atoms with Gasteiger partial charge in [-0.1, -0.05) is 6.07 Å². The van der Waals surface area contributed by atoms with Crippen LogP contribution in [-0.4, -0.2) is 49.4 Å². The number of rotatable bonds is 3. The Labute approximate surface area is 135 Å². The minimum Gasteiger partial charge on any atom is -0.465 e. The van der Waals surface area contributed by atoms with Crippen molar-refractivity contribution >= 4 is 23.5 Å². The molecule has 1 unspecified atom stereocenters. The predicted molar refractivity (Wildman–Crippen MR) is 84.1 cm³/mol. The third kappa shape index (κ3) is 3.06. The maximum absolute atomic E-state index is 12.5. The zero-order valence-corrected chi connectivity index (χ0v) is 13.2. The molecule has 2 amide bonds. The standard InChI is InChI=1S/C17H20N2O4/c1-23-17(22)12-5-4-6-14(9-12)19-11-13(10-15(19)20)16(21)18-7-2-3-8-18/h4-6,9,13H,2-3,7-8,10-11H2,1H3. The second-order valence-electron chi connectivity index (χ2n) is 5.98. The van der Waals surface area contributed by atoms with Gasteiger partial charge in [-0.2, -0.15) is 0 Å². The number of amides is 2. The quantitative estimate of drug-likeness (QED) is 0.792. The van der Waals surface area contributed by atoms with Crippen LogP contribution in [0.3, 0.4) is 0 Å². The van der Waals surface area contributed by atoms with Gasteiger partial charge in [-0.3, -0.25) is 9.59 Å². The summed E-state index contributed by atoms with van der Waals surface area (Å²) in [5, 5.41) is 0. The molecule has 122 valence electrons. The van der Waals surface area contributed by atoms with Crippen LogP contribution in [0.25, 0.3) is 0 Å². The van der Waals surface area contributed by atoms with Crippen molar-refractivity contribution in [3.05, 3.63) is 29.8 Å². The van der Waals surface area contributed by atoms with E-state index in [4.69, 9.17) is 4.74 Å². The summed E-state index contributed by atoms with van der Waals surface area (Å²) in [5.74, 6) is -0.738. The van der Waals surface area contributed by atoms with Crippen molar-refractivity contribution in [2.75, 3.05) is 31.6 Å². The fourth-order valence-electron chi connectivity index (χ4n) is 3.24. The van der Waals surface area contributed by atoms with Crippen molar-refractivity contribution in [1.82, 2.24) is 4.90 Å². The smallest absolute Gasteiger partial charge is 0.337 e. The highest BCUT2D eigenvalue weighted by Crippen LogP contribution is 2.28. The van der Waals surface area contributed by atoms with Crippen LogP contribution < -0.4 is 4.90 Å². The molecule has 0 aromatic heterocycles. The molecule has 0 aliphatic carbocycles. The van der Waals surface area contributed by atoms with E-state index in [-0.39, 0.29) is 24.2 Å². The van der Waals surface area contributed by atoms with Crippen molar-refractivity contribution in [1.29, 1.82) is 0 Å². The fraction of sp³-hybridized carbons (Fsp3) is 0.471. The first-order chi connectivity index (χ1) is 11.1. The van der Waals surface area contributed by atoms with E-state index in [1.165, 1.54) is 7.11 Å². The Morgan fingerprint density at radius 1 is 1.22 bits per heavy atom. The minimum absolute atomic E-state index is 0.0717. The number of nitrogens with zero attached hydrogens (tertiary/aromatic N) is 2. The van der Waals surface area contributed by atoms with Crippen molar-refractivity contribution in [2.45, 2.75) is 19.3 Å². The van der Waals surface area contributed by atoms with E-state index in [1.54, 1.807) is 29.2 Å². The van der Waals surface area contributed by atoms with Crippen molar-refractivity contribution in [2.24, 2.45) is 5.92 Å². The summed E-state index contributed by atoms with van der Waals surface area (Å²) < 4.78 is 4.70. The van der Waals surface area contributed by atoms with E-state index in [1.807, 2.05) is 4.90 Å². The summed E-state index contributed by atoms with van der Waals surface area (Å²) in [7, 11) is 1.32. The Bertz CT molecular complexity index is 637. The average molecular weight is 316 g/mol. The molecule has 0 saturated carbocycles. The molecule has 23 heavy (non-hydrogen) atoms. The highest BCUT2D eigenvalue weighted by atomic mass is 16.5. The highest BCUT2D eigenvalue weighted by Gasteiger charge is 2.37. The Hall–Kier alpha value is -2.37. The van der Waals surface area contributed by atoms with E-state index < -0.39 is 5.97 Å². The number of anilines is 1. The number of carbonyl (C=O) groups is 3. The second-order valence-corrected chi connectivity index (χ2v) is 5.98. The summed E-state index contributed by atoms with van der Waals surface area (Å²) in [5.41, 5.74) is 1.03. The molecule has 3 rings (SSSR count). The molecule has 1 atom stereocenters. The lowest BCUT2D eigenvalue weighted by Gasteiger charge is -2.20. The van der Waals surface area contributed by atoms with Gasteiger partial charge in [-0.15, -0.1) is 0 Å². The molecule has 1 aromatic carbocycles. The van der Waals surface area contributed by atoms with Gasteiger partial charge in [-0.05, 0) is 31.0 Å².